The van der Waals surface area contributed by atoms with E-state index in [1.165, 1.54) is 63.9 Å². The van der Waals surface area contributed by atoms with Gasteiger partial charge < -0.3 is 9.47 Å². The molecule has 0 radical (unpaired) electrons. The van der Waals surface area contributed by atoms with Gasteiger partial charge in [0.25, 0.3) is 0 Å². The van der Waals surface area contributed by atoms with Crippen molar-refractivity contribution in [3.63, 3.8) is 0 Å². The Bertz CT molecular complexity index is 239. The monoisotopic (exact) mass is 298 g/mol. The number of carbonyl (C=O) groups excluding carboxylic acids is 1. The van der Waals surface area contributed by atoms with Crippen molar-refractivity contribution in [3.8, 4) is 0 Å². The Balaban J connectivity index is 2.99. The van der Waals surface area contributed by atoms with Crippen LogP contribution in [0.15, 0.2) is 12.7 Å². The Morgan fingerprint density at radius 2 is 1.33 bits per heavy atom. The predicted molar refractivity (Wildman–Crippen MR) is 88.4 cm³/mol. The molecule has 0 heterocycles. The molecule has 0 rings (SSSR count). The summed E-state index contributed by atoms with van der Waals surface area (Å²) in [4.78, 5) is 10.8. The van der Waals surface area contributed by atoms with E-state index in [4.69, 9.17) is 9.47 Å². The molecule has 0 saturated heterocycles. The summed E-state index contributed by atoms with van der Waals surface area (Å²) in [5, 5.41) is 0. The van der Waals surface area contributed by atoms with Gasteiger partial charge in [0.05, 0.1) is 6.61 Å². The molecule has 0 aliphatic heterocycles. The van der Waals surface area contributed by atoms with E-state index < -0.39 is 0 Å². The summed E-state index contributed by atoms with van der Waals surface area (Å²) in [5.74, 6) is -0.357. The van der Waals surface area contributed by atoms with Gasteiger partial charge in [0.2, 0.25) is 0 Å². The van der Waals surface area contributed by atoms with E-state index in [2.05, 4.69) is 13.5 Å². The molecule has 3 heteroatoms. The van der Waals surface area contributed by atoms with Gasteiger partial charge in [-0.3, -0.25) is 0 Å². The molecular weight excluding hydrogens is 264 g/mol. The third-order valence-electron chi connectivity index (χ3n) is 3.49. The second-order valence-corrected chi connectivity index (χ2v) is 5.52. The normalized spacial score (nSPS) is 10.5. The SMILES string of the molecule is C=CC(=O)OCCCOCCCCCCCCCCCC. The highest BCUT2D eigenvalue weighted by atomic mass is 16.5. The summed E-state index contributed by atoms with van der Waals surface area (Å²) in [5.41, 5.74) is 0. The fourth-order valence-corrected chi connectivity index (χ4v) is 2.19. The van der Waals surface area contributed by atoms with Crippen LogP contribution in [-0.4, -0.2) is 25.8 Å². The molecule has 0 spiro atoms. The summed E-state index contributed by atoms with van der Waals surface area (Å²) in [6, 6.07) is 0. The minimum Gasteiger partial charge on any atom is -0.462 e. The predicted octanol–water partition coefficient (Wildman–Crippen LogP) is 5.04. The van der Waals surface area contributed by atoms with Gasteiger partial charge in [-0.05, 0) is 6.42 Å². The van der Waals surface area contributed by atoms with Gasteiger partial charge in [-0.15, -0.1) is 0 Å². The molecule has 0 atom stereocenters. The van der Waals surface area contributed by atoms with Crippen molar-refractivity contribution < 1.29 is 14.3 Å². The Morgan fingerprint density at radius 1 is 0.810 bits per heavy atom. The highest BCUT2D eigenvalue weighted by Gasteiger charge is 1.96. The molecule has 0 amide bonds. The number of hydrogen-bond donors (Lipinski definition) is 0. The zero-order valence-electron chi connectivity index (χ0n) is 13.9. The van der Waals surface area contributed by atoms with Gasteiger partial charge in [0.1, 0.15) is 0 Å². The lowest BCUT2D eigenvalue weighted by Crippen LogP contribution is -2.05. The molecule has 0 unspecified atom stereocenters. The van der Waals surface area contributed by atoms with Crippen LogP contribution in [0.25, 0.3) is 0 Å². The molecule has 0 aromatic heterocycles. The van der Waals surface area contributed by atoms with Gasteiger partial charge in [0, 0.05) is 25.7 Å². The Kier molecular flexibility index (Phi) is 16.5. The first-order valence-electron chi connectivity index (χ1n) is 8.68. The first-order chi connectivity index (χ1) is 10.3. The summed E-state index contributed by atoms with van der Waals surface area (Å²) >= 11 is 0. The fourth-order valence-electron chi connectivity index (χ4n) is 2.19. The zero-order chi connectivity index (χ0) is 15.6. The Labute approximate surface area is 131 Å². The molecule has 0 aliphatic carbocycles. The molecule has 0 bridgehead atoms. The zero-order valence-corrected chi connectivity index (χ0v) is 13.9. The number of carbonyl (C=O) groups is 1. The Morgan fingerprint density at radius 3 is 1.90 bits per heavy atom. The molecular formula is C18H34O3. The van der Waals surface area contributed by atoms with Crippen molar-refractivity contribution in [2.45, 2.75) is 77.6 Å². The minimum atomic E-state index is -0.357. The van der Waals surface area contributed by atoms with Crippen LogP contribution in [0.1, 0.15) is 77.6 Å². The van der Waals surface area contributed by atoms with E-state index in [0.29, 0.717) is 13.2 Å². The molecule has 0 fully saturated rings. The van der Waals surface area contributed by atoms with Gasteiger partial charge >= 0.3 is 5.97 Å². The average Bonchev–Trinajstić information content (AvgIpc) is 2.50. The van der Waals surface area contributed by atoms with Gasteiger partial charge in [-0.1, -0.05) is 71.3 Å². The van der Waals surface area contributed by atoms with E-state index in [0.717, 1.165) is 19.4 Å². The molecule has 124 valence electrons. The van der Waals surface area contributed by atoms with Crippen molar-refractivity contribution in [2.24, 2.45) is 0 Å². The van der Waals surface area contributed by atoms with Crippen LogP contribution in [0.5, 0.6) is 0 Å². The van der Waals surface area contributed by atoms with Crippen molar-refractivity contribution in [1.82, 2.24) is 0 Å². The van der Waals surface area contributed by atoms with Crippen molar-refractivity contribution in [1.29, 1.82) is 0 Å². The molecule has 0 saturated carbocycles. The number of esters is 1. The lowest BCUT2D eigenvalue weighted by atomic mass is 10.1. The molecule has 0 N–H and O–H groups in total. The quantitative estimate of drug-likeness (QED) is 0.227. The summed E-state index contributed by atoms with van der Waals surface area (Å²) in [7, 11) is 0. The van der Waals surface area contributed by atoms with E-state index in [-0.39, 0.29) is 5.97 Å². The van der Waals surface area contributed by atoms with E-state index in [1.54, 1.807) is 0 Å². The van der Waals surface area contributed by atoms with Crippen LogP contribution in [0.4, 0.5) is 0 Å². The van der Waals surface area contributed by atoms with Crippen molar-refractivity contribution in [3.05, 3.63) is 12.7 Å². The Hall–Kier alpha value is -0.830. The third-order valence-corrected chi connectivity index (χ3v) is 3.49. The van der Waals surface area contributed by atoms with Crippen molar-refractivity contribution in [2.75, 3.05) is 19.8 Å². The number of rotatable bonds is 16. The first kappa shape index (κ1) is 20.2. The van der Waals surface area contributed by atoms with Gasteiger partial charge in [0.15, 0.2) is 0 Å². The highest BCUT2D eigenvalue weighted by Crippen LogP contribution is 2.10. The largest absolute Gasteiger partial charge is 0.462 e. The second-order valence-electron chi connectivity index (χ2n) is 5.52. The van der Waals surface area contributed by atoms with E-state index in [1.807, 2.05) is 0 Å². The van der Waals surface area contributed by atoms with Gasteiger partial charge in [-0.2, -0.15) is 0 Å². The molecule has 0 aromatic carbocycles. The molecule has 21 heavy (non-hydrogen) atoms. The lowest BCUT2D eigenvalue weighted by molar-refractivity contribution is -0.138. The third kappa shape index (κ3) is 17.1. The van der Waals surface area contributed by atoms with Crippen LogP contribution in [0, 0.1) is 0 Å². The van der Waals surface area contributed by atoms with Crippen LogP contribution < -0.4 is 0 Å². The molecule has 3 nitrogen and oxygen atoms in total. The lowest BCUT2D eigenvalue weighted by Gasteiger charge is -2.05. The average molecular weight is 298 g/mol. The van der Waals surface area contributed by atoms with E-state index >= 15 is 0 Å². The van der Waals surface area contributed by atoms with Crippen LogP contribution in [0.3, 0.4) is 0 Å². The number of ether oxygens (including phenoxy) is 2. The topological polar surface area (TPSA) is 35.5 Å². The van der Waals surface area contributed by atoms with Gasteiger partial charge in [-0.25, -0.2) is 4.79 Å². The minimum absolute atomic E-state index is 0.357. The fraction of sp³-hybridized carbons (Fsp3) is 0.833. The van der Waals surface area contributed by atoms with Crippen LogP contribution in [-0.2, 0) is 14.3 Å². The molecule has 0 aromatic rings. The smallest absolute Gasteiger partial charge is 0.330 e. The standard InChI is InChI=1S/C18H34O3/c1-3-5-6-7-8-9-10-11-12-13-15-20-16-14-17-21-18(19)4-2/h4H,2-3,5-17H2,1H3. The number of hydrogen-bond acceptors (Lipinski definition) is 3. The van der Waals surface area contributed by atoms with E-state index in [9.17, 15) is 4.79 Å². The maximum absolute atomic E-state index is 10.8. The maximum atomic E-state index is 10.8. The first-order valence-corrected chi connectivity index (χ1v) is 8.68. The summed E-state index contributed by atoms with van der Waals surface area (Å²) in [6.07, 6.45) is 15.4. The molecule has 0 aliphatic rings. The highest BCUT2D eigenvalue weighted by molar-refractivity contribution is 5.81. The maximum Gasteiger partial charge on any atom is 0.330 e. The summed E-state index contributed by atoms with van der Waals surface area (Å²) < 4.78 is 10.4. The van der Waals surface area contributed by atoms with Crippen LogP contribution in [0.2, 0.25) is 0 Å². The van der Waals surface area contributed by atoms with Crippen LogP contribution >= 0.6 is 0 Å². The summed E-state index contributed by atoms with van der Waals surface area (Å²) in [6.45, 7) is 7.52. The number of unbranched alkanes of at least 4 members (excludes halogenated alkanes) is 9. The van der Waals surface area contributed by atoms with Crippen molar-refractivity contribution >= 4 is 5.97 Å². The second kappa shape index (κ2) is 17.2.